The van der Waals surface area contributed by atoms with Crippen LogP contribution >= 0.6 is 0 Å². The van der Waals surface area contributed by atoms with Gasteiger partial charge in [-0.2, -0.15) is 0 Å². The lowest BCUT2D eigenvalue weighted by Gasteiger charge is -2.30. The molecule has 2 aliphatic heterocycles. The molecule has 2 atom stereocenters. The zero-order valence-electron chi connectivity index (χ0n) is 25.1. The second-order valence-corrected chi connectivity index (χ2v) is 11.8. The topological polar surface area (TPSA) is 32.3 Å². The molecule has 4 nitrogen and oxygen atoms in total. The predicted octanol–water partition coefficient (Wildman–Crippen LogP) is 10.6. The Bertz CT molecular complexity index is 2120. The number of hydrogen-bond acceptors (Lipinski definition) is 4. The minimum Gasteiger partial charge on any atom is -0.331 e. The van der Waals surface area contributed by atoms with Crippen molar-refractivity contribution in [2.75, 3.05) is 9.80 Å². The molecule has 2 aliphatic rings. The number of hydrogen-bond donors (Lipinski definition) is 0. The van der Waals surface area contributed by atoms with E-state index in [2.05, 4.69) is 155 Å². The Kier molecular flexibility index (Phi) is 6.24. The first-order valence-corrected chi connectivity index (χ1v) is 15.8. The monoisotopic (exact) mass is 590 g/mol. The van der Waals surface area contributed by atoms with Gasteiger partial charge in [-0.15, -0.1) is 0 Å². The third-order valence-electron chi connectivity index (χ3n) is 9.21. The van der Waals surface area contributed by atoms with Gasteiger partial charge in [0.2, 0.25) is 0 Å². The summed E-state index contributed by atoms with van der Waals surface area (Å²) in [5, 5.41) is 0. The molecule has 7 aromatic rings. The number of fused-ring (bicyclic) bond motifs is 7. The van der Waals surface area contributed by atoms with Gasteiger partial charge in [0.05, 0.1) is 28.8 Å². The van der Waals surface area contributed by atoms with E-state index in [0.29, 0.717) is 5.82 Å². The molecule has 0 bridgehead atoms. The molecule has 9 rings (SSSR count). The maximum atomic E-state index is 5.30. The highest BCUT2D eigenvalue weighted by Crippen LogP contribution is 2.61. The van der Waals surface area contributed by atoms with Crippen molar-refractivity contribution in [2.45, 2.75) is 12.0 Å². The van der Waals surface area contributed by atoms with Gasteiger partial charge < -0.3 is 4.90 Å². The van der Waals surface area contributed by atoms with Gasteiger partial charge in [0, 0.05) is 28.8 Å². The van der Waals surface area contributed by atoms with E-state index in [9.17, 15) is 0 Å². The highest BCUT2D eigenvalue weighted by atomic mass is 15.3. The Hall–Kier alpha value is -6.00. The normalized spacial score (nSPS) is 16.2. The van der Waals surface area contributed by atoms with Gasteiger partial charge >= 0.3 is 0 Å². The van der Waals surface area contributed by atoms with E-state index in [-0.39, 0.29) is 12.0 Å². The van der Waals surface area contributed by atoms with E-state index in [0.717, 1.165) is 39.7 Å². The molecule has 0 amide bonds. The number of benzene rings is 6. The van der Waals surface area contributed by atoms with Crippen molar-refractivity contribution >= 4 is 28.6 Å². The van der Waals surface area contributed by atoms with Crippen LogP contribution in [0.15, 0.2) is 170 Å². The van der Waals surface area contributed by atoms with Crippen molar-refractivity contribution in [1.29, 1.82) is 0 Å². The summed E-state index contributed by atoms with van der Waals surface area (Å²) in [5.41, 5.74) is 11.4. The number of anilines is 5. The molecule has 0 radical (unpaired) electrons. The summed E-state index contributed by atoms with van der Waals surface area (Å²) in [6.07, 6.45) is 0. The van der Waals surface area contributed by atoms with Gasteiger partial charge in [0.1, 0.15) is 5.82 Å². The van der Waals surface area contributed by atoms with Crippen LogP contribution in [0.3, 0.4) is 0 Å². The first-order valence-electron chi connectivity index (χ1n) is 15.8. The van der Waals surface area contributed by atoms with E-state index in [1.165, 1.54) is 22.4 Å². The molecule has 0 spiro atoms. The van der Waals surface area contributed by atoms with Crippen LogP contribution in [0.1, 0.15) is 28.7 Å². The molecule has 0 saturated carbocycles. The van der Waals surface area contributed by atoms with Crippen LogP contribution in [0.2, 0.25) is 0 Å². The maximum Gasteiger partial charge on any atom is 0.162 e. The summed E-state index contributed by atoms with van der Waals surface area (Å²) in [6.45, 7) is 0. The third kappa shape index (κ3) is 4.22. The Morgan fingerprint density at radius 3 is 1.70 bits per heavy atom. The third-order valence-corrected chi connectivity index (χ3v) is 9.21. The summed E-state index contributed by atoms with van der Waals surface area (Å²) < 4.78 is 0. The molecule has 0 aliphatic carbocycles. The molecule has 0 fully saturated rings. The fraction of sp³-hybridized carbons (Fsp3) is 0.0476. The molecule has 2 unspecified atom stereocenters. The predicted molar refractivity (Wildman–Crippen MR) is 187 cm³/mol. The van der Waals surface area contributed by atoms with Crippen molar-refractivity contribution in [3.8, 4) is 22.6 Å². The van der Waals surface area contributed by atoms with Crippen molar-refractivity contribution in [2.24, 2.45) is 0 Å². The maximum absolute atomic E-state index is 5.30. The van der Waals surface area contributed by atoms with Gasteiger partial charge in [0.25, 0.3) is 0 Å². The lowest BCUT2D eigenvalue weighted by Crippen LogP contribution is -2.22. The van der Waals surface area contributed by atoms with Crippen LogP contribution in [-0.4, -0.2) is 9.97 Å². The molecule has 0 saturated heterocycles. The van der Waals surface area contributed by atoms with Crippen molar-refractivity contribution in [3.63, 3.8) is 0 Å². The van der Waals surface area contributed by atoms with Gasteiger partial charge in [-0.1, -0.05) is 140 Å². The molecule has 0 N–H and O–H groups in total. The van der Waals surface area contributed by atoms with Crippen LogP contribution in [0.4, 0.5) is 28.6 Å². The number of para-hydroxylation sites is 4. The minimum atomic E-state index is 0.0474. The smallest absolute Gasteiger partial charge is 0.162 e. The SMILES string of the molecule is c1ccc(-c2cc(N3c4ccccc4C4C(c5ccccc5)c5ccccc5N4c4ccccc43)nc(-c3ccccc3)n2)cc1. The van der Waals surface area contributed by atoms with Gasteiger partial charge in [0.15, 0.2) is 5.82 Å². The summed E-state index contributed by atoms with van der Waals surface area (Å²) in [6, 6.07) is 60.3. The van der Waals surface area contributed by atoms with Crippen LogP contribution < -0.4 is 9.80 Å². The zero-order valence-corrected chi connectivity index (χ0v) is 25.1. The highest BCUT2D eigenvalue weighted by Gasteiger charge is 2.45. The van der Waals surface area contributed by atoms with Crippen LogP contribution in [-0.2, 0) is 0 Å². The van der Waals surface area contributed by atoms with Crippen molar-refractivity contribution in [1.82, 2.24) is 9.97 Å². The van der Waals surface area contributed by atoms with E-state index < -0.39 is 0 Å². The molecule has 3 heterocycles. The fourth-order valence-corrected chi connectivity index (χ4v) is 7.26. The summed E-state index contributed by atoms with van der Waals surface area (Å²) in [7, 11) is 0. The van der Waals surface area contributed by atoms with E-state index in [1.54, 1.807) is 0 Å². The Morgan fingerprint density at radius 1 is 0.435 bits per heavy atom. The Balaban J connectivity index is 1.34. The minimum absolute atomic E-state index is 0.0474. The summed E-state index contributed by atoms with van der Waals surface area (Å²) >= 11 is 0. The van der Waals surface area contributed by atoms with Crippen molar-refractivity contribution in [3.05, 3.63) is 187 Å². The molecular formula is C42H30N4. The molecule has 46 heavy (non-hydrogen) atoms. The van der Waals surface area contributed by atoms with Gasteiger partial charge in [-0.05, 0) is 41.0 Å². The van der Waals surface area contributed by atoms with E-state index >= 15 is 0 Å². The number of aromatic nitrogens is 2. The van der Waals surface area contributed by atoms with Crippen LogP contribution in [0, 0.1) is 0 Å². The quantitative estimate of drug-likeness (QED) is 0.204. The lowest BCUT2D eigenvalue weighted by atomic mass is 9.84. The largest absolute Gasteiger partial charge is 0.331 e. The van der Waals surface area contributed by atoms with Crippen molar-refractivity contribution < 1.29 is 0 Å². The lowest BCUT2D eigenvalue weighted by molar-refractivity contribution is 0.662. The standard InChI is InChI=1S/C42H30N4/c1-4-16-29(17-5-1)34-28-39(44-42(43-34)31-20-8-3-9-21-31)45-36-25-13-11-23-33(36)41-40(30-18-6-2-7-19-30)32-22-10-12-24-35(32)46(41)38-27-15-14-26-37(38)45/h1-28,40-41H. The highest BCUT2D eigenvalue weighted by molar-refractivity contribution is 5.93. The average Bonchev–Trinajstić information content (AvgIpc) is 3.42. The molecular weight excluding hydrogens is 560 g/mol. The molecule has 6 aromatic carbocycles. The second-order valence-electron chi connectivity index (χ2n) is 11.8. The average molecular weight is 591 g/mol. The number of nitrogens with zero attached hydrogens (tertiary/aromatic N) is 4. The molecule has 218 valence electrons. The van der Waals surface area contributed by atoms with E-state index in [4.69, 9.17) is 9.97 Å². The van der Waals surface area contributed by atoms with Crippen LogP contribution in [0.5, 0.6) is 0 Å². The first kappa shape index (κ1) is 26.4. The zero-order chi connectivity index (χ0) is 30.5. The van der Waals surface area contributed by atoms with Gasteiger partial charge in [-0.3, -0.25) is 4.90 Å². The Labute approximate surface area is 268 Å². The summed E-state index contributed by atoms with van der Waals surface area (Å²) in [5.74, 6) is 1.68. The van der Waals surface area contributed by atoms with Crippen LogP contribution in [0.25, 0.3) is 22.6 Å². The first-order chi connectivity index (χ1) is 22.8. The van der Waals surface area contributed by atoms with E-state index in [1.807, 2.05) is 24.3 Å². The number of rotatable bonds is 4. The fourth-order valence-electron chi connectivity index (χ4n) is 7.26. The summed E-state index contributed by atoms with van der Waals surface area (Å²) in [4.78, 5) is 15.3. The molecule has 4 heteroatoms. The van der Waals surface area contributed by atoms with Gasteiger partial charge in [-0.25, -0.2) is 9.97 Å². The molecule has 1 aromatic heterocycles. The Morgan fingerprint density at radius 2 is 0.978 bits per heavy atom. The second kappa shape index (κ2) is 10.9.